The van der Waals surface area contributed by atoms with Gasteiger partial charge in [-0.05, 0) is 31.2 Å². The third-order valence-corrected chi connectivity index (χ3v) is 3.40. The number of hydrogen-bond donors (Lipinski definition) is 2. The largest absolute Gasteiger partial charge is 0.459 e. The Morgan fingerprint density at radius 3 is 2.32 bits per heavy atom. The Hall–Kier alpha value is -2.41. The van der Waals surface area contributed by atoms with Crippen LogP contribution in [0.5, 0.6) is 0 Å². The number of nitrogens with one attached hydrogen (secondary N) is 2. The van der Waals surface area contributed by atoms with Crippen LogP contribution in [0.2, 0.25) is 0 Å². The number of rotatable bonds is 3. The van der Waals surface area contributed by atoms with Gasteiger partial charge in [-0.1, -0.05) is 0 Å². The van der Waals surface area contributed by atoms with Crippen molar-refractivity contribution in [2.45, 2.75) is 6.92 Å². The standard InChI is InChI=1S/C12H10N2O4S/c1-7(15)9-4-5-10(19-9)12(17)14-13-11(16)8-3-2-6-18-8/h2-6H,1H3,(H,13,16)(H,14,17). The summed E-state index contributed by atoms with van der Waals surface area (Å²) in [6.07, 6.45) is 1.36. The summed E-state index contributed by atoms with van der Waals surface area (Å²) in [6.45, 7) is 1.42. The number of furan rings is 1. The number of Topliss-reactive ketones (excluding diaryl/α,β-unsaturated/α-hetero) is 1. The summed E-state index contributed by atoms with van der Waals surface area (Å²) in [6, 6.07) is 6.13. The molecule has 0 unspecified atom stereocenters. The van der Waals surface area contributed by atoms with Gasteiger partial charge in [0.05, 0.1) is 16.0 Å². The maximum Gasteiger partial charge on any atom is 0.305 e. The number of carbonyl (C=O) groups is 3. The van der Waals surface area contributed by atoms with E-state index in [0.717, 1.165) is 11.3 Å². The lowest BCUT2D eigenvalue weighted by atomic mass is 10.3. The van der Waals surface area contributed by atoms with Crippen LogP contribution in [0.15, 0.2) is 34.9 Å². The molecule has 0 saturated carbocycles. The van der Waals surface area contributed by atoms with Gasteiger partial charge in [-0.3, -0.25) is 25.2 Å². The van der Waals surface area contributed by atoms with Crippen molar-refractivity contribution >= 4 is 28.9 Å². The molecule has 0 radical (unpaired) electrons. The molecule has 2 amide bonds. The Kier molecular flexibility index (Phi) is 3.76. The molecule has 0 aliphatic rings. The Morgan fingerprint density at radius 1 is 1.05 bits per heavy atom. The number of thiophene rings is 1. The van der Waals surface area contributed by atoms with E-state index in [1.54, 1.807) is 12.1 Å². The van der Waals surface area contributed by atoms with Gasteiger partial charge in [0.2, 0.25) is 0 Å². The minimum absolute atomic E-state index is 0.0934. The zero-order valence-electron chi connectivity index (χ0n) is 9.93. The fourth-order valence-corrected chi connectivity index (χ4v) is 2.09. The highest BCUT2D eigenvalue weighted by Crippen LogP contribution is 2.16. The van der Waals surface area contributed by atoms with E-state index >= 15 is 0 Å². The number of hydrogen-bond acceptors (Lipinski definition) is 5. The van der Waals surface area contributed by atoms with Crippen LogP contribution in [-0.2, 0) is 0 Å². The summed E-state index contributed by atoms with van der Waals surface area (Å²) in [5.74, 6) is -1.06. The summed E-state index contributed by atoms with van der Waals surface area (Å²) in [5, 5.41) is 0. The van der Waals surface area contributed by atoms with Crippen molar-refractivity contribution in [3.63, 3.8) is 0 Å². The number of hydrazine groups is 1. The highest BCUT2D eigenvalue weighted by Gasteiger charge is 2.13. The van der Waals surface area contributed by atoms with Gasteiger partial charge >= 0.3 is 5.91 Å². The molecule has 98 valence electrons. The third-order valence-electron chi connectivity index (χ3n) is 2.21. The lowest BCUT2D eigenvalue weighted by Gasteiger charge is -2.03. The molecular formula is C12H10N2O4S. The molecule has 2 aromatic heterocycles. The first-order valence-corrected chi connectivity index (χ1v) is 6.14. The summed E-state index contributed by atoms with van der Waals surface area (Å²) in [4.78, 5) is 35.1. The Morgan fingerprint density at radius 2 is 1.74 bits per heavy atom. The Labute approximate surface area is 112 Å². The van der Waals surface area contributed by atoms with Crippen molar-refractivity contribution in [1.29, 1.82) is 0 Å². The third kappa shape index (κ3) is 3.08. The lowest BCUT2D eigenvalue weighted by molar-refractivity contribution is 0.0833. The van der Waals surface area contributed by atoms with E-state index in [0.29, 0.717) is 9.75 Å². The highest BCUT2D eigenvalue weighted by atomic mass is 32.1. The molecule has 2 N–H and O–H groups in total. The van der Waals surface area contributed by atoms with Crippen LogP contribution in [0.1, 0.15) is 36.8 Å². The zero-order chi connectivity index (χ0) is 13.8. The van der Waals surface area contributed by atoms with Gasteiger partial charge in [0.15, 0.2) is 11.5 Å². The van der Waals surface area contributed by atoms with Crippen LogP contribution in [0.3, 0.4) is 0 Å². The van der Waals surface area contributed by atoms with Gasteiger partial charge in [0, 0.05) is 0 Å². The molecular weight excluding hydrogens is 268 g/mol. The smallest absolute Gasteiger partial charge is 0.305 e. The van der Waals surface area contributed by atoms with Crippen molar-refractivity contribution in [3.8, 4) is 0 Å². The van der Waals surface area contributed by atoms with Crippen LogP contribution in [0.25, 0.3) is 0 Å². The number of amides is 2. The van der Waals surface area contributed by atoms with Crippen LogP contribution in [0, 0.1) is 0 Å². The SMILES string of the molecule is CC(=O)c1ccc(C(=O)NNC(=O)c2ccco2)s1. The average Bonchev–Trinajstić information content (AvgIpc) is 3.05. The molecule has 0 fully saturated rings. The second-order valence-corrected chi connectivity index (χ2v) is 4.69. The Bertz CT molecular complexity index is 615. The minimum atomic E-state index is -0.554. The minimum Gasteiger partial charge on any atom is -0.459 e. The molecule has 19 heavy (non-hydrogen) atoms. The highest BCUT2D eigenvalue weighted by molar-refractivity contribution is 7.15. The molecule has 0 aliphatic carbocycles. The molecule has 2 rings (SSSR count). The maximum absolute atomic E-state index is 11.7. The second-order valence-electron chi connectivity index (χ2n) is 3.61. The van der Waals surface area contributed by atoms with Crippen LogP contribution in [-0.4, -0.2) is 17.6 Å². The van der Waals surface area contributed by atoms with E-state index in [-0.39, 0.29) is 11.5 Å². The molecule has 2 aromatic rings. The summed E-state index contributed by atoms with van der Waals surface area (Å²) in [5.41, 5.74) is 4.45. The van der Waals surface area contributed by atoms with Crippen LogP contribution in [0.4, 0.5) is 0 Å². The monoisotopic (exact) mass is 278 g/mol. The zero-order valence-corrected chi connectivity index (χ0v) is 10.7. The molecule has 0 aromatic carbocycles. The van der Waals surface area contributed by atoms with E-state index in [2.05, 4.69) is 10.9 Å². The summed E-state index contributed by atoms with van der Waals surface area (Å²) in [7, 11) is 0. The van der Waals surface area contributed by atoms with E-state index in [1.807, 2.05) is 0 Å². The van der Waals surface area contributed by atoms with Crippen molar-refractivity contribution in [3.05, 3.63) is 46.0 Å². The molecule has 0 saturated heterocycles. The molecule has 6 nitrogen and oxygen atoms in total. The lowest BCUT2D eigenvalue weighted by Crippen LogP contribution is -2.41. The molecule has 0 aliphatic heterocycles. The van der Waals surface area contributed by atoms with Crippen molar-refractivity contribution < 1.29 is 18.8 Å². The molecule has 7 heteroatoms. The molecule has 0 spiro atoms. The van der Waals surface area contributed by atoms with E-state index in [1.165, 1.54) is 25.3 Å². The fraction of sp³-hybridized carbons (Fsp3) is 0.0833. The van der Waals surface area contributed by atoms with Gasteiger partial charge in [-0.2, -0.15) is 0 Å². The topological polar surface area (TPSA) is 88.4 Å². The van der Waals surface area contributed by atoms with Gasteiger partial charge in [-0.15, -0.1) is 11.3 Å². The number of ketones is 1. The van der Waals surface area contributed by atoms with Crippen molar-refractivity contribution in [2.24, 2.45) is 0 Å². The van der Waals surface area contributed by atoms with Gasteiger partial charge in [0.1, 0.15) is 0 Å². The number of carbonyl (C=O) groups excluding carboxylic acids is 3. The van der Waals surface area contributed by atoms with Gasteiger partial charge in [-0.25, -0.2) is 0 Å². The molecule has 2 heterocycles. The van der Waals surface area contributed by atoms with Crippen LogP contribution < -0.4 is 10.9 Å². The first-order valence-electron chi connectivity index (χ1n) is 5.33. The van der Waals surface area contributed by atoms with E-state index in [9.17, 15) is 14.4 Å². The van der Waals surface area contributed by atoms with Gasteiger partial charge < -0.3 is 4.42 Å². The molecule has 0 bridgehead atoms. The van der Waals surface area contributed by atoms with Gasteiger partial charge in [0.25, 0.3) is 5.91 Å². The maximum atomic E-state index is 11.7. The molecule has 0 atom stereocenters. The first kappa shape index (κ1) is 13.0. The quantitative estimate of drug-likeness (QED) is 0.659. The van der Waals surface area contributed by atoms with Crippen LogP contribution >= 0.6 is 11.3 Å². The predicted molar refractivity (Wildman–Crippen MR) is 68.0 cm³/mol. The van der Waals surface area contributed by atoms with Crippen molar-refractivity contribution in [2.75, 3.05) is 0 Å². The summed E-state index contributed by atoms with van der Waals surface area (Å²) >= 11 is 1.06. The first-order chi connectivity index (χ1) is 9.08. The second kappa shape index (κ2) is 5.49. The Balaban J connectivity index is 1.94. The average molecular weight is 278 g/mol. The fourth-order valence-electron chi connectivity index (χ4n) is 1.29. The summed E-state index contributed by atoms with van der Waals surface area (Å²) < 4.78 is 4.86. The predicted octanol–water partition coefficient (Wildman–Crippen LogP) is 1.62. The van der Waals surface area contributed by atoms with E-state index < -0.39 is 11.8 Å². The van der Waals surface area contributed by atoms with E-state index in [4.69, 9.17) is 4.42 Å². The van der Waals surface area contributed by atoms with Crippen molar-refractivity contribution in [1.82, 2.24) is 10.9 Å². The normalized spacial score (nSPS) is 9.95.